The molecular weight excluding hydrogens is 398 g/mol. The van der Waals surface area contributed by atoms with Crippen LogP contribution in [0.2, 0.25) is 0 Å². The number of nitrogens with zero attached hydrogens (tertiary/aromatic N) is 1. The maximum Gasteiger partial charge on any atom is 0.224 e. The second kappa shape index (κ2) is 9.28. The Hall–Kier alpha value is -1.58. The number of fused-ring (bicyclic) bond motifs is 1. The lowest BCUT2D eigenvalue weighted by Gasteiger charge is -2.09. The summed E-state index contributed by atoms with van der Waals surface area (Å²) in [7, 11) is -2.93. The summed E-state index contributed by atoms with van der Waals surface area (Å²) in [6.07, 6.45) is 1.35. The molecule has 2 N–H and O–H groups in total. The van der Waals surface area contributed by atoms with Gasteiger partial charge < -0.3 is 15.4 Å². The highest BCUT2D eigenvalue weighted by Crippen LogP contribution is 2.34. The molecule has 2 aliphatic rings. The number of carbonyl (C=O) groups is 1. The average molecular weight is 426 g/mol. The van der Waals surface area contributed by atoms with Crippen LogP contribution >= 0.6 is 11.8 Å². The zero-order valence-electron chi connectivity index (χ0n) is 16.2. The third-order valence-corrected chi connectivity index (χ3v) is 7.62. The van der Waals surface area contributed by atoms with Crippen LogP contribution in [0.3, 0.4) is 0 Å². The van der Waals surface area contributed by atoms with Crippen LogP contribution in [0, 0.1) is 0 Å². The number of hydrogen-bond donors (Lipinski definition) is 2. The maximum atomic E-state index is 12.0. The van der Waals surface area contributed by atoms with Crippen molar-refractivity contribution in [1.29, 1.82) is 0 Å². The Bertz CT molecular complexity index is 822. The summed E-state index contributed by atoms with van der Waals surface area (Å²) in [4.78, 5) is 16.5. The molecule has 1 aromatic carbocycles. The fourth-order valence-corrected chi connectivity index (χ4v) is 6.79. The number of aliphatic imine (C=N–C) groups is 1. The molecule has 3 rings (SSSR count). The van der Waals surface area contributed by atoms with Crippen molar-refractivity contribution in [3.05, 3.63) is 29.8 Å². The van der Waals surface area contributed by atoms with E-state index in [9.17, 15) is 13.2 Å². The molecule has 0 aromatic heterocycles. The topological polar surface area (TPSA) is 96.9 Å². The molecule has 7 nitrogen and oxygen atoms in total. The number of sulfone groups is 1. The van der Waals surface area contributed by atoms with E-state index in [1.54, 1.807) is 0 Å². The van der Waals surface area contributed by atoms with E-state index in [2.05, 4.69) is 15.6 Å². The molecule has 0 aliphatic carbocycles. The van der Waals surface area contributed by atoms with Gasteiger partial charge in [-0.2, -0.15) is 0 Å². The molecule has 9 heteroatoms. The van der Waals surface area contributed by atoms with E-state index in [-0.39, 0.29) is 34.8 Å². The maximum absolute atomic E-state index is 12.0. The van der Waals surface area contributed by atoms with Gasteiger partial charge in [-0.05, 0) is 38.0 Å². The molecule has 0 radical (unpaired) electrons. The van der Waals surface area contributed by atoms with Crippen LogP contribution in [0.15, 0.2) is 29.3 Å². The summed E-state index contributed by atoms with van der Waals surface area (Å²) in [5.74, 6) is 0.345. The standard InChI is InChI=1S/C19H27N3O4S2/c1-13(2)26-9-3-8-20-18(23)10-14-4-6-15(7-5-14)21-19-22-16-11-28(24,25)12-17(16)27-19/h4-7,13,16-17H,3,8-12H2,1-2H3,(H,20,23)(H,21,22). The number of anilines is 1. The number of amidine groups is 1. The molecule has 0 saturated carbocycles. The molecule has 28 heavy (non-hydrogen) atoms. The predicted molar refractivity (Wildman–Crippen MR) is 114 cm³/mol. The normalized spacial score (nSPS) is 22.8. The van der Waals surface area contributed by atoms with Crippen molar-refractivity contribution < 1.29 is 17.9 Å². The Labute approximate surface area is 170 Å². The monoisotopic (exact) mass is 425 g/mol. The van der Waals surface area contributed by atoms with Crippen LogP contribution in [0.25, 0.3) is 0 Å². The minimum Gasteiger partial charge on any atom is -0.379 e. The lowest BCUT2D eigenvalue weighted by molar-refractivity contribution is -0.120. The summed E-state index contributed by atoms with van der Waals surface area (Å²) >= 11 is 1.49. The number of thioether (sulfide) groups is 1. The molecule has 1 fully saturated rings. The van der Waals surface area contributed by atoms with Crippen molar-refractivity contribution in [2.45, 2.75) is 44.1 Å². The number of carbonyl (C=O) groups excluding carboxylic acids is 1. The number of ether oxygens (including phenoxy) is 1. The number of rotatable bonds is 8. The molecule has 0 bridgehead atoms. The Balaban J connectivity index is 1.41. The van der Waals surface area contributed by atoms with Gasteiger partial charge in [-0.1, -0.05) is 23.9 Å². The Morgan fingerprint density at radius 3 is 2.71 bits per heavy atom. The van der Waals surface area contributed by atoms with Crippen molar-refractivity contribution in [3.8, 4) is 0 Å². The first-order valence-corrected chi connectivity index (χ1v) is 12.2. The van der Waals surface area contributed by atoms with Crippen LogP contribution in [0.4, 0.5) is 5.69 Å². The van der Waals surface area contributed by atoms with E-state index in [0.717, 1.165) is 22.8 Å². The summed E-state index contributed by atoms with van der Waals surface area (Å²) < 4.78 is 28.7. The summed E-state index contributed by atoms with van der Waals surface area (Å²) in [5, 5.41) is 6.93. The lowest BCUT2D eigenvalue weighted by Crippen LogP contribution is -2.27. The Morgan fingerprint density at radius 2 is 2.04 bits per heavy atom. The molecule has 2 unspecified atom stereocenters. The second-order valence-corrected chi connectivity index (χ2v) is 10.7. The highest BCUT2D eigenvalue weighted by Gasteiger charge is 2.42. The third-order valence-electron chi connectivity index (χ3n) is 4.48. The molecule has 2 aliphatic heterocycles. The summed E-state index contributed by atoms with van der Waals surface area (Å²) in [6, 6.07) is 7.51. The first-order valence-electron chi connectivity index (χ1n) is 9.50. The molecule has 1 aromatic rings. The molecule has 2 heterocycles. The highest BCUT2D eigenvalue weighted by atomic mass is 32.2. The van der Waals surface area contributed by atoms with Crippen LogP contribution in [-0.4, -0.2) is 61.5 Å². The summed E-state index contributed by atoms with van der Waals surface area (Å²) in [5.41, 5.74) is 1.81. The van der Waals surface area contributed by atoms with Crippen LogP contribution in [-0.2, 0) is 25.8 Å². The van der Waals surface area contributed by atoms with Crippen molar-refractivity contribution in [2.24, 2.45) is 4.99 Å². The fourth-order valence-electron chi connectivity index (χ4n) is 3.11. The van der Waals surface area contributed by atoms with E-state index < -0.39 is 9.84 Å². The molecule has 154 valence electrons. The number of amides is 1. The van der Waals surface area contributed by atoms with Gasteiger partial charge >= 0.3 is 0 Å². The van der Waals surface area contributed by atoms with Crippen molar-refractivity contribution >= 4 is 38.4 Å². The largest absolute Gasteiger partial charge is 0.379 e. The average Bonchev–Trinajstić information content (AvgIpc) is 3.08. The van der Waals surface area contributed by atoms with E-state index in [1.807, 2.05) is 38.1 Å². The van der Waals surface area contributed by atoms with Gasteiger partial charge in [0.2, 0.25) is 5.91 Å². The minimum atomic E-state index is -2.93. The molecule has 1 saturated heterocycles. The number of nitrogens with one attached hydrogen (secondary N) is 2. The zero-order valence-corrected chi connectivity index (χ0v) is 17.8. The van der Waals surface area contributed by atoms with E-state index >= 15 is 0 Å². The van der Waals surface area contributed by atoms with Crippen molar-refractivity contribution in [2.75, 3.05) is 30.0 Å². The fraction of sp³-hybridized carbons (Fsp3) is 0.579. The summed E-state index contributed by atoms with van der Waals surface area (Å²) in [6.45, 7) is 5.24. The first kappa shape index (κ1) is 21.1. The number of benzene rings is 1. The quantitative estimate of drug-likeness (QED) is 0.617. The van der Waals surface area contributed by atoms with Gasteiger partial charge in [-0.3, -0.25) is 9.79 Å². The van der Waals surface area contributed by atoms with Gasteiger partial charge in [-0.25, -0.2) is 8.42 Å². The zero-order chi connectivity index (χ0) is 20.1. The van der Waals surface area contributed by atoms with Crippen molar-refractivity contribution in [1.82, 2.24) is 5.32 Å². The SMILES string of the molecule is CC(C)OCCCNC(=O)Cc1ccc(NC2=NC3CS(=O)(=O)CC3S2)cc1. The van der Waals surface area contributed by atoms with Gasteiger partial charge in [0, 0.05) is 24.1 Å². The van der Waals surface area contributed by atoms with Crippen molar-refractivity contribution in [3.63, 3.8) is 0 Å². The van der Waals surface area contributed by atoms with E-state index in [4.69, 9.17) is 4.74 Å². The Morgan fingerprint density at radius 1 is 1.29 bits per heavy atom. The van der Waals surface area contributed by atoms with Gasteiger partial charge in [0.1, 0.15) is 0 Å². The first-order chi connectivity index (χ1) is 13.3. The predicted octanol–water partition coefficient (Wildman–Crippen LogP) is 1.84. The van der Waals surface area contributed by atoms with Crippen LogP contribution < -0.4 is 10.6 Å². The Kier molecular flexibility index (Phi) is 7.00. The van der Waals surface area contributed by atoms with E-state index in [1.165, 1.54) is 11.8 Å². The molecular formula is C19H27N3O4S2. The second-order valence-electron chi connectivity index (χ2n) is 7.36. The van der Waals surface area contributed by atoms with Gasteiger partial charge in [0.25, 0.3) is 0 Å². The lowest BCUT2D eigenvalue weighted by atomic mass is 10.1. The van der Waals surface area contributed by atoms with E-state index in [0.29, 0.717) is 19.6 Å². The molecule has 0 spiro atoms. The molecule has 2 atom stereocenters. The molecule has 1 amide bonds. The van der Waals surface area contributed by atoms with Gasteiger partial charge in [0.15, 0.2) is 15.0 Å². The third kappa shape index (κ3) is 6.22. The minimum absolute atomic E-state index is 0.00462. The van der Waals surface area contributed by atoms with Crippen LogP contribution in [0.1, 0.15) is 25.8 Å². The highest BCUT2D eigenvalue weighted by molar-refractivity contribution is 8.15. The number of hydrogen-bond acceptors (Lipinski definition) is 7. The smallest absolute Gasteiger partial charge is 0.224 e. The van der Waals surface area contributed by atoms with Crippen LogP contribution in [0.5, 0.6) is 0 Å². The van der Waals surface area contributed by atoms with Gasteiger partial charge in [0.05, 0.1) is 30.1 Å². The van der Waals surface area contributed by atoms with Gasteiger partial charge in [-0.15, -0.1) is 0 Å².